The molecule has 0 unspecified atom stereocenters. The normalized spacial score (nSPS) is 8.69. The highest BCUT2D eigenvalue weighted by Gasteiger charge is 1.95. The SMILES string of the molecule is Cl.N=C(N)COc1cccc(F)c1. The van der Waals surface area contributed by atoms with Crippen molar-refractivity contribution in [2.45, 2.75) is 0 Å². The fourth-order valence-electron chi connectivity index (χ4n) is 0.718. The van der Waals surface area contributed by atoms with E-state index in [1.54, 1.807) is 6.07 Å². The van der Waals surface area contributed by atoms with Gasteiger partial charge in [0.25, 0.3) is 0 Å². The summed E-state index contributed by atoms with van der Waals surface area (Å²) in [5.41, 5.74) is 5.04. The van der Waals surface area contributed by atoms with Crippen LogP contribution in [0.2, 0.25) is 0 Å². The molecule has 0 amide bonds. The van der Waals surface area contributed by atoms with Crippen LogP contribution < -0.4 is 10.5 Å². The van der Waals surface area contributed by atoms with Gasteiger partial charge in [-0.05, 0) is 12.1 Å². The molecule has 1 aromatic rings. The summed E-state index contributed by atoms with van der Waals surface area (Å²) in [7, 11) is 0. The van der Waals surface area contributed by atoms with Crippen molar-refractivity contribution in [2.24, 2.45) is 5.73 Å². The third-order valence-corrected chi connectivity index (χ3v) is 1.19. The van der Waals surface area contributed by atoms with Gasteiger partial charge in [-0.25, -0.2) is 4.39 Å². The van der Waals surface area contributed by atoms with Crippen LogP contribution in [0.1, 0.15) is 0 Å². The molecule has 5 heteroatoms. The largest absolute Gasteiger partial charge is 0.486 e. The second-order valence-electron chi connectivity index (χ2n) is 2.27. The molecule has 0 aliphatic rings. The summed E-state index contributed by atoms with van der Waals surface area (Å²) in [6.07, 6.45) is 0. The first-order valence-corrected chi connectivity index (χ1v) is 3.40. The minimum atomic E-state index is -0.365. The molecule has 3 nitrogen and oxygen atoms in total. The molecule has 0 spiro atoms. The van der Waals surface area contributed by atoms with Crippen LogP contribution in [-0.2, 0) is 0 Å². The Bertz CT molecular complexity index is 293. The van der Waals surface area contributed by atoms with Gasteiger partial charge in [0.15, 0.2) is 0 Å². The van der Waals surface area contributed by atoms with E-state index in [0.29, 0.717) is 5.75 Å². The molecule has 3 N–H and O–H groups in total. The van der Waals surface area contributed by atoms with Gasteiger partial charge in [0, 0.05) is 6.07 Å². The lowest BCUT2D eigenvalue weighted by Crippen LogP contribution is -2.19. The lowest BCUT2D eigenvalue weighted by Gasteiger charge is -2.03. The number of nitrogens with one attached hydrogen (secondary N) is 1. The van der Waals surface area contributed by atoms with E-state index in [4.69, 9.17) is 15.9 Å². The minimum absolute atomic E-state index is 0. The van der Waals surface area contributed by atoms with E-state index in [0.717, 1.165) is 0 Å². The first-order chi connectivity index (χ1) is 5.68. The quantitative estimate of drug-likeness (QED) is 0.580. The van der Waals surface area contributed by atoms with Crippen molar-refractivity contribution in [3.05, 3.63) is 30.1 Å². The summed E-state index contributed by atoms with van der Waals surface area (Å²) in [6, 6.07) is 5.69. The summed E-state index contributed by atoms with van der Waals surface area (Å²) in [4.78, 5) is 0. The van der Waals surface area contributed by atoms with Crippen LogP contribution in [-0.4, -0.2) is 12.4 Å². The van der Waals surface area contributed by atoms with Crippen molar-refractivity contribution in [1.29, 1.82) is 5.41 Å². The predicted octanol–water partition coefficient (Wildman–Crippen LogP) is 1.56. The fraction of sp³-hybridized carbons (Fsp3) is 0.125. The van der Waals surface area contributed by atoms with Crippen LogP contribution in [0, 0.1) is 11.2 Å². The summed E-state index contributed by atoms with van der Waals surface area (Å²) in [5.74, 6) is -0.0690. The third kappa shape index (κ3) is 4.32. The van der Waals surface area contributed by atoms with Gasteiger partial charge in [-0.3, -0.25) is 5.41 Å². The van der Waals surface area contributed by atoms with E-state index >= 15 is 0 Å². The topological polar surface area (TPSA) is 59.1 Å². The fourth-order valence-corrected chi connectivity index (χ4v) is 0.718. The second-order valence-corrected chi connectivity index (χ2v) is 2.27. The Morgan fingerprint density at radius 3 is 2.77 bits per heavy atom. The predicted molar refractivity (Wildman–Crippen MR) is 51.1 cm³/mol. The molecule has 0 aliphatic heterocycles. The van der Waals surface area contributed by atoms with Gasteiger partial charge in [0.05, 0.1) is 0 Å². The Hall–Kier alpha value is -1.29. The van der Waals surface area contributed by atoms with E-state index in [1.165, 1.54) is 18.2 Å². The maximum Gasteiger partial charge on any atom is 0.145 e. The summed E-state index contributed by atoms with van der Waals surface area (Å²) in [6.45, 7) is -0.0105. The summed E-state index contributed by atoms with van der Waals surface area (Å²) >= 11 is 0. The van der Waals surface area contributed by atoms with Crippen LogP contribution in [0.5, 0.6) is 5.75 Å². The van der Waals surface area contributed by atoms with E-state index in [9.17, 15) is 4.39 Å². The first kappa shape index (κ1) is 11.7. The van der Waals surface area contributed by atoms with Crippen molar-refractivity contribution in [2.75, 3.05) is 6.61 Å². The highest BCUT2D eigenvalue weighted by Crippen LogP contribution is 2.11. The third-order valence-electron chi connectivity index (χ3n) is 1.19. The van der Waals surface area contributed by atoms with Gasteiger partial charge < -0.3 is 10.5 Å². The Balaban J connectivity index is 0.00000144. The van der Waals surface area contributed by atoms with Crippen LogP contribution in [0.15, 0.2) is 24.3 Å². The van der Waals surface area contributed by atoms with Crippen molar-refractivity contribution >= 4 is 18.2 Å². The highest BCUT2D eigenvalue weighted by atomic mass is 35.5. The number of nitrogens with two attached hydrogens (primary N) is 1. The molecule has 0 heterocycles. The van der Waals surface area contributed by atoms with Crippen molar-refractivity contribution in [3.63, 3.8) is 0 Å². The van der Waals surface area contributed by atoms with Gasteiger partial charge in [-0.2, -0.15) is 0 Å². The first-order valence-electron chi connectivity index (χ1n) is 3.40. The zero-order valence-electron chi connectivity index (χ0n) is 6.79. The molecule has 0 radical (unpaired) electrons. The number of ether oxygens (including phenoxy) is 1. The smallest absolute Gasteiger partial charge is 0.145 e. The Morgan fingerprint density at radius 2 is 2.23 bits per heavy atom. The van der Waals surface area contributed by atoms with E-state index in [1.807, 2.05) is 0 Å². The maximum absolute atomic E-state index is 12.5. The van der Waals surface area contributed by atoms with Crippen LogP contribution in [0.4, 0.5) is 4.39 Å². The molecular weight excluding hydrogens is 195 g/mol. The highest BCUT2D eigenvalue weighted by molar-refractivity contribution is 5.85. The van der Waals surface area contributed by atoms with Gasteiger partial charge in [0.2, 0.25) is 0 Å². The molecule has 0 saturated carbocycles. The lowest BCUT2D eigenvalue weighted by molar-refractivity contribution is 0.372. The van der Waals surface area contributed by atoms with Gasteiger partial charge in [-0.15, -0.1) is 12.4 Å². The van der Waals surface area contributed by atoms with Gasteiger partial charge >= 0.3 is 0 Å². The Labute approximate surface area is 81.6 Å². The number of rotatable bonds is 3. The number of amidine groups is 1. The van der Waals surface area contributed by atoms with Crippen molar-refractivity contribution in [1.82, 2.24) is 0 Å². The molecule has 0 atom stereocenters. The monoisotopic (exact) mass is 204 g/mol. The van der Waals surface area contributed by atoms with Crippen molar-refractivity contribution < 1.29 is 9.13 Å². The average Bonchev–Trinajstić information content (AvgIpc) is 2.01. The summed E-state index contributed by atoms with van der Waals surface area (Å²) < 4.78 is 17.5. The Kier molecular flexibility index (Phi) is 4.84. The molecule has 0 aromatic heterocycles. The molecule has 1 rings (SSSR count). The minimum Gasteiger partial charge on any atom is -0.486 e. The number of halogens is 2. The Morgan fingerprint density at radius 1 is 1.54 bits per heavy atom. The zero-order chi connectivity index (χ0) is 8.97. The molecule has 0 saturated heterocycles. The van der Waals surface area contributed by atoms with E-state index in [-0.39, 0.29) is 30.7 Å². The molecule has 72 valence electrons. The molecule has 0 aliphatic carbocycles. The zero-order valence-corrected chi connectivity index (χ0v) is 7.60. The number of hydrogen-bond acceptors (Lipinski definition) is 2. The lowest BCUT2D eigenvalue weighted by atomic mass is 10.3. The maximum atomic E-state index is 12.5. The molecule has 0 bridgehead atoms. The van der Waals surface area contributed by atoms with Crippen molar-refractivity contribution in [3.8, 4) is 5.75 Å². The van der Waals surface area contributed by atoms with E-state index < -0.39 is 0 Å². The van der Waals surface area contributed by atoms with Gasteiger partial charge in [-0.1, -0.05) is 6.07 Å². The van der Waals surface area contributed by atoms with E-state index in [2.05, 4.69) is 0 Å². The molecule has 1 aromatic carbocycles. The number of benzene rings is 1. The van der Waals surface area contributed by atoms with Crippen LogP contribution >= 0.6 is 12.4 Å². The number of hydrogen-bond donors (Lipinski definition) is 2. The van der Waals surface area contributed by atoms with Crippen LogP contribution in [0.3, 0.4) is 0 Å². The molecule has 0 fully saturated rings. The van der Waals surface area contributed by atoms with Gasteiger partial charge in [0.1, 0.15) is 24.0 Å². The standard InChI is InChI=1S/C8H9FN2O.ClH/c9-6-2-1-3-7(4-6)12-5-8(10)11;/h1-4H,5H2,(H3,10,11);1H. The molecule has 13 heavy (non-hydrogen) atoms. The van der Waals surface area contributed by atoms with Crippen LogP contribution in [0.25, 0.3) is 0 Å². The summed E-state index contributed by atoms with van der Waals surface area (Å²) in [5, 5.41) is 6.86. The average molecular weight is 205 g/mol. The molecular formula is C8H10ClFN2O. The second kappa shape index (κ2) is 5.37.